The van der Waals surface area contributed by atoms with Crippen molar-refractivity contribution in [3.63, 3.8) is 0 Å². The van der Waals surface area contributed by atoms with Gasteiger partial charge in [0.05, 0.1) is 0 Å². The Balaban J connectivity index is 2.39. The molecule has 1 nitrogen and oxygen atoms in total. The minimum atomic E-state index is -4.62. The van der Waals surface area contributed by atoms with Crippen molar-refractivity contribution >= 4 is 0 Å². The maximum absolute atomic E-state index is 11.9. The average Bonchev–Trinajstić information content (AvgIpc) is 2.25. The van der Waals surface area contributed by atoms with E-state index in [1.807, 2.05) is 0 Å². The molecular formula is C13H15F3O. The first-order valence-electron chi connectivity index (χ1n) is 5.56. The fourth-order valence-electron chi connectivity index (χ4n) is 1.51. The smallest absolute Gasteiger partial charge is 0.406 e. The number of unbranched alkanes of at least 4 members (excludes halogenated alkanes) is 3. The summed E-state index contributed by atoms with van der Waals surface area (Å²) < 4.78 is 39.5. The van der Waals surface area contributed by atoms with Crippen molar-refractivity contribution in [3.05, 3.63) is 36.8 Å². The summed E-state index contributed by atoms with van der Waals surface area (Å²) in [5.74, 6) is -0.178. The lowest BCUT2D eigenvalue weighted by atomic mass is 10.1. The van der Waals surface area contributed by atoms with Gasteiger partial charge in [-0.1, -0.05) is 25.0 Å². The predicted molar refractivity (Wildman–Crippen MR) is 59.6 cm³/mol. The van der Waals surface area contributed by atoms with E-state index < -0.39 is 6.36 Å². The first-order valence-corrected chi connectivity index (χ1v) is 5.56. The third-order valence-electron chi connectivity index (χ3n) is 2.33. The Kier molecular flexibility index (Phi) is 5.32. The molecule has 0 saturated heterocycles. The molecule has 1 aromatic carbocycles. The maximum atomic E-state index is 11.9. The molecule has 4 heteroatoms. The normalized spacial score (nSPS) is 11.5. The van der Waals surface area contributed by atoms with Crippen LogP contribution in [-0.4, -0.2) is 6.36 Å². The molecule has 1 aromatic rings. The highest BCUT2D eigenvalue weighted by Crippen LogP contribution is 2.23. The summed E-state index contributed by atoms with van der Waals surface area (Å²) in [6.45, 7) is 5.36. The van der Waals surface area contributed by atoms with Crippen molar-refractivity contribution in [3.8, 4) is 5.75 Å². The average molecular weight is 244 g/mol. The molecule has 17 heavy (non-hydrogen) atoms. The summed E-state index contributed by atoms with van der Waals surface area (Å²) in [5.41, 5.74) is 1.01. The minimum Gasteiger partial charge on any atom is -0.406 e. The number of halogens is 3. The minimum absolute atomic E-state index is 0.178. The van der Waals surface area contributed by atoms with E-state index in [9.17, 15) is 13.2 Å². The molecule has 0 aromatic heterocycles. The van der Waals surface area contributed by atoms with Crippen LogP contribution in [0.1, 0.15) is 31.2 Å². The molecule has 0 heterocycles. The zero-order chi connectivity index (χ0) is 12.7. The largest absolute Gasteiger partial charge is 0.573 e. The summed E-state index contributed by atoms with van der Waals surface area (Å²) >= 11 is 0. The van der Waals surface area contributed by atoms with Gasteiger partial charge in [-0.2, -0.15) is 0 Å². The number of hydrogen-bond donors (Lipinski definition) is 0. The Morgan fingerprint density at radius 3 is 2.18 bits per heavy atom. The van der Waals surface area contributed by atoms with E-state index in [0.29, 0.717) is 6.42 Å². The van der Waals surface area contributed by atoms with Crippen molar-refractivity contribution in [2.24, 2.45) is 0 Å². The third kappa shape index (κ3) is 6.19. The lowest BCUT2D eigenvalue weighted by molar-refractivity contribution is -0.274. The molecule has 0 saturated carbocycles. The molecule has 0 amide bonds. The lowest BCUT2D eigenvalue weighted by Gasteiger charge is -2.09. The molecule has 0 bridgehead atoms. The molecule has 2 radical (unpaired) electrons. The van der Waals surface area contributed by atoms with Crippen LogP contribution in [0.3, 0.4) is 0 Å². The fraction of sp³-hybridized carbons (Fsp3) is 0.462. The van der Waals surface area contributed by atoms with Gasteiger partial charge in [-0.25, -0.2) is 0 Å². The molecule has 0 fully saturated rings. The van der Waals surface area contributed by atoms with Crippen LogP contribution in [0.5, 0.6) is 5.75 Å². The molecule has 0 aliphatic carbocycles. The molecule has 94 valence electrons. The Bertz CT molecular complexity index is 316. The van der Waals surface area contributed by atoms with Crippen LogP contribution in [0.2, 0.25) is 0 Å². The van der Waals surface area contributed by atoms with Crippen molar-refractivity contribution in [2.75, 3.05) is 0 Å². The quantitative estimate of drug-likeness (QED) is 0.674. The van der Waals surface area contributed by atoms with E-state index in [1.54, 1.807) is 12.1 Å². The Labute approximate surface area is 99.6 Å². The first-order chi connectivity index (χ1) is 8.01. The number of hydrogen-bond acceptors (Lipinski definition) is 1. The second-order valence-electron chi connectivity index (χ2n) is 3.79. The molecular weight excluding hydrogens is 229 g/mol. The zero-order valence-corrected chi connectivity index (χ0v) is 9.46. The molecule has 0 atom stereocenters. The van der Waals surface area contributed by atoms with Crippen LogP contribution in [0.4, 0.5) is 13.2 Å². The van der Waals surface area contributed by atoms with Crippen LogP contribution in [0.15, 0.2) is 24.3 Å². The lowest BCUT2D eigenvalue weighted by Crippen LogP contribution is -2.17. The highest BCUT2D eigenvalue weighted by Gasteiger charge is 2.30. The number of benzene rings is 1. The topological polar surface area (TPSA) is 9.23 Å². The monoisotopic (exact) mass is 244 g/mol. The Morgan fingerprint density at radius 2 is 1.65 bits per heavy atom. The fourth-order valence-corrected chi connectivity index (χ4v) is 1.51. The summed E-state index contributed by atoms with van der Waals surface area (Å²) in [6.07, 6.45) is -0.0729. The number of aryl methyl sites for hydroxylation is 1. The Hall–Kier alpha value is -1.19. The van der Waals surface area contributed by atoms with E-state index in [-0.39, 0.29) is 5.75 Å². The van der Waals surface area contributed by atoms with Gasteiger partial charge in [-0.3, -0.25) is 0 Å². The van der Waals surface area contributed by atoms with Crippen molar-refractivity contribution in [1.29, 1.82) is 0 Å². The van der Waals surface area contributed by atoms with Crippen molar-refractivity contribution in [1.82, 2.24) is 0 Å². The third-order valence-corrected chi connectivity index (χ3v) is 2.33. The highest BCUT2D eigenvalue weighted by atomic mass is 19.4. The molecule has 1 rings (SSSR count). The van der Waals surface area contributed by atoms with Crippen LogP contribution in [0.25, 0.3) is 0 Å². The first kappa shape index (κ1) is 13.9. The Morgan fingerprint density at radius 1 is 1.00 bits per heavy atom. The van der Waals surface area contributed by atoms with Crippen molar-refractivity contribution in [2.45, 2.75) is 38.5 Å². The highest BCUT2D eigenvalue weighted by molar-refractivity contribution is 5.27. The van der Waals surface area contributed by atoms with E-state index in [2.05, 4.69) is 4.74 Å². The van der Waals surface area contributed by atoms with Crippen LogP contribution >= 0.6 is 0 Å². The van der Waals surface area contributed by atoms with E-state index in [1.165, 1.54) is 12.1 Å². The van der Waals surface area contributed by atoms with Gasteiger partial charge < -0.3 is 4.74 Å². The van der Waals surface area contributed by atoms with Gasteiger partial charge in [-0.05, 0) is 43.9 Å². The van der Waals surface area contributed by atoms with E-state index in [4.69, 9.17) is 6.92 Å². The van der Waals surface area contributed by atoms with E-state index in [0.717, 1.165) is 31.2 Å². The molecule has 0 N–H and O–H groups in total. The summed E-state index contributed by atoms with van der Waals surface area (Å²) in [6, 6.07) is 5.99. The van der Waals surface area contributed by atoms with E-state index >= 15 is 0 Å². The van der Waals surface area contributed by atoms with Gasteiger partial charge in [0.15, 0.2) is 0 Å². The SMILES string of the molecule is [CH]CCCCCc1ccc(OC(F)(F)F)cc1. The zero-order valence-electron chi connectivity index (χ0n) is 9.46. The van der Waals surface area contributed by atoms with Gasteiger partial charge in [0.25, 0.3) is 0 Å². The predicted octanol–water partition coefficient (Wildman–Crippen LogP) is 4.40. The van der Waals surface area contributed by atoms with Gasteiger partial charge in [0.2, 0.25) is 0 Å². The second kappa shape index (κ2) is 6.52. The number of ether oxygens (including phenoxy) is 1. The molecule has 0 spiro atoms. The van der Waals surface area contributed by atoms with Crippen molar-refractivity contribution < 1.29 is 17.9 Å². The van der Waals surface area contributed by atoms with Gasteiger partial charge in [0, 0.05) is 0 Å². The van der Waals surface area contributed by atoms with Gasteiger partial charge >= 0.3 is 6.36 Å². The summed E-state index contributed by atoms with van der Waals surface area (Å²) in [4.78, 5) is 0. The van der Waals surface area contributed by atoms with Crippen LogP contribution in [-0.2, 0) is 6.42 Å². The van der Waals surface area contributed by atoms with Crippen LogP contribution in [0, 0.1) is 6.92 Å². The van der Waals surface area contributed by atoms with Crippen LogP contribution < -0.4 is 4.74 Å². The molecule has 0 unspecified atom stereocenters. The second-order valence-corrected chi connectivity index (χ2v) is 3.79. The molecule has 0 aliphatic heterocycles. The van der Waals surface area contributed by atoms with Gasteiger partial charge in [-0.15, -0.1) is 13.2 Å². The standard InChI is InChI=1S/C13H15F3O/c1-2-3-4-5-6-11-7-9-12(10-8-11)17-13(14,15)16/h1,7-10H,2-6H2. The van der Waals surface area contributed by atoms with Gasteiger partial charge in [0.1, 0.15) is 5.75 Å². The summed E-state index contributed by atoms with van der Waals surface area (Å²) in [7, 11) is 0. The number of rotatable bonds is 6. The number of alkyl halides is 3. The maximum Gasteiger partial charge on any atom is 0.573 e. The summed E-state index contributed by atoms with van der Waals surface area (Å²) in [5, 5.41) is 0. The molecule has 0 aliphatic rings.